The minimum Gasteiger partial charge on any atom is -0.459 e. The first kappa shape index (κ1) is 19.8. The van der Waals surface area contributed by atoms with Crippen LogP contribution in [0, 0.1) is 6.92 Å². The fourth-order valence-corrected chi connectivity index (χ4v) is 2.53. The van der Waals surface area contributed by atoms with E-state index in [-0.39, 0.29) is 31.0 Å². The maximum atomic E-state index is 12.2. The molecule has 0 radical (unpaired) electrons. The van der Waals surface area contributed by atoms with Gasteiger partial charge in [0.1, 0.15) is 18.8 Å². The summed E-state index contributed by atoms with van der Waals surface area (Å²) in [4.78, 5) is 51.6. The van der Waals surface area contributed by atoms with Crippen molar-refractivity contribution in [1.29, 1.82) is 0 Å². The summed E-state index contributed by atoms with van der Waals surface area (Å²) in [5.74, 6) is -1.75. The van der Waals surface area contributed by atoms with E-state index in [2.05, 4.69) is 15.6 Å². The number of hydrogen-bond acceptors (Lipinski definition) is 7. The summed E-state index contributed by atoms with van der Waals surface area (Å²) in [6.07, 6.45) is 1.34. The van der Waals surface area contributed by atoms with Gasteiger partial charge in [-0.2, -0.15) is 0 Å². The van der Waals surface area contributed by atoms with Crippen LogP contribution in [0.2, 0.25) is 0 Å². The van der Waals surface area contributed by atoms with Crippen LogP contribution in [0.15, 0.2) is 51.9 Å². The first-order valence-corrected chi connectivity index (χ1v) is 8.66. The van der Waals surface area contributed by atoms with E-state index in [1.54, 1.807) is 31.2 Å². The van der Waals surface area contributed by atoms with Crippen LogP contribution in [0.25, 0.3) is 5.65 Å². The van der Waals surface area contributed by atoms with Crippen LogP contribution < -0.4 is 16.2 Å². The van der Waals surface area contributed by atoms with Crippen LogP contribution in [0.1, 0.15) is 21.9 Å². The van der Waals surface area contributed by atoms with Crippen molar-refractivity contribution in [3.63, 3.8) is 0 Å². The number of fused-ring (bicyclic) bond motifs is 1. The average molecular weight is 398 g/mol. The summed E-state index contributed by atoms with van der Waals surface area (Å²) in [7, 11) is 0. The molecule has 3 heterocycles. The number of pyridine rings is 1. The van der Waals surface area contributed by atoms with Gasteiger partial charge in [0.25, 0.3) is 11.5 Å². The van der Waals surface area contributed by atoms with Crippen LogP contribution >= 0.6 is 0 Å². The third-order valence-electron chi connectivity index (χ3n) is 3.90. The molecule has 10 nitrogen and oxygen atoms in total. The van der Waals surface area contributed by atoms with Gasteiger partial charge in [0.15, 0.2) is 5.76 Å². The van der Waals surface area contributed by atoms with Crippen molar-refractivity contribution in [2.24, 2.45) is 0 Å². The molecular formula is C19H18N4O6. The molecule has 0 aromatic carbocycles. The lowest BCUT2D eigenvalue weighted by Gasteiger charge is -2.08. The van der Waals surface area contributed by atoms with Crippen LogP contribution in [-0.4, -0.2) is 40.3 Å². The molecule has 150 valence electrons. The molecule has 0 saturated carbocycles. The summed E-state index contributed by atoms with van der Waals surface area (Å²) in [5, 5.41) is 4.67. The van der Waals surface area contributed by atoms with Gasteiger partial charge in [0, 0.05) is 11.8 Å². The van der Waals surface area contributed by atoms with Crippen LogP contribution in [0.4, 0.5) is 0 Å². The summed E-state index contributed by atoms with van der Waals surface area (Å²) in [6.45, 7) is 0.870. The van der Waals surface area contributed by atoms with Gasteiger partial charge in [-0.1, -0.05) is 6.07 Å². The standard InChI is InChI=1S/C19H18N4O6/c1-12-4-2-6-15-22-13(8-17(25)23(12)15)11-29-18(26)10-20-16(24)9-21-19(27)14-5-3-7-28-14/h2-8H,9-11H2,1H3,(H,20,24)(H,21,27). The Hall–Kier alpha value is -3.95. The lowest BCUT2D eigenvalue weighted by atomic mass is 10.3. The average Bonchev–Trinajstić information content (AvgIpc) is 3.23. The van der Waals surface area contributed by atoms with Gasteiger partial charge in [-0.25, -0.2) is 4.98 Å². The van der Waals surface area contributed by atoms with Crippen LogP contribution in [-0.2, 0) is 20.9 Å². The number of esters is 1. The third-order valence-corrected chi connectivity index (χ3v) is 3.90. The van der Waals surface area contributed by atoms with E-state index in [9.17, 15) is 19.2 Å². The lowest BCUT2D eigenvalue weighted by Crippen LogP contribution is -2.39. The van der Waals surface area contributed by atoms with E-state index in [0.29, 0.717) is 11.3 Å². The summed E-state index contributed by atoms with van der Waals surface area (Å²) in [5.41, 5.74) is 1.21. The minimum absolute atomic E-state index is 0.0752. The second-order valence-electron chi connectivity index (χ2n) is 6.04. The number of hydrogen-bond donors (Lipinski definition) is 2. The topological polar surface area (TPSA) is 132 Å². The predicted octanol–water partition coefficient (Wildman–Crippen LogP) is 0.185. The molecule has 3 aromatic heterocycles. The Morgan fingerprint density at radius 1 is 1.14 bits per heavy atom. The largest absolute Gasteiger partial charge is 0.459 e. The zero-order valence-electron chi connectivity index (χ0n) is 15.5. The maximum absolute atomic E-state index is 12.2. The molecule has 10 heteroatoms. The summed E-state index contributed by atoms with van der Waals surface area (Å²) in [6, 6.07) is 9.53. The van der Waals surface area contributed by atoms with Gasteiger partial charge < -0.3 is 19.8 Å². The number of carbonyl (C=O) groups excluding carboxylic acids is 3. The molecule has 0 aliphatic heterocycles. The summed E-state index contributed by atoms with van der Waals surface area (Å²) >= 11 is 0. The Bertz CT molecular complexity index is 1100. The molecule has 0 aliphatic rings. The fourth-order valence-electron chi connectivity index (χ4n) is 2.53. The van der Waals surface area contributed by atoms with E-state index < -0.39 is 17.8 Å². The molecule has 0 aliphatic carbocycles. The number of rotatable bonds is 7. The number of carbonyl (C=O) groups is 3. The monoisotopic (exact) mass is 398 g/mol. The zero-order valence-corrected chi connectivity index (χ0v) is 15.5. The first-order valence-electron chi connectivity index (χ1n) is 8.66. The van der Waals surface area contributed by atoms with Crippen molar-refractivity contribution >= 4 is 23.4 Å². The molecule has 0 saturated heterocycles. The summed E-state index contributed by atoms with van der Waals surface area (Å²) < 4.78 is 11.4. The number of amides is 2. The Kier molecular flexibility index (Phi) is 6.03. The molecule has 3 aromatic rings. The molecule has 2 N–H and O–H groups in total. The number of ether oxygens (including phenoxy) is 1. The highest BCUT2D eigenvalue weighted by Gasteiger charge is 2.12. The van der Waals surface area contributed by atoms with E-state index in [4.69, 9.17) is 9.15 Å². The van der Waals surface area contributed by atoms with Gasteiger partial charge in [-0.05, 0) is 31.2 Å². The molecule has 0 bridgehead atoms. The second kappa shape index (κ2) is 8.83. The van der Waals surface area contributed by atoms with Gasteiger partial charge in [0.2, 0.25) is 5.91 Å². The van der Waals surface area contributed by atoms with E-state index in [0.717, 1.165) is 5.69 Å². The molecular weight excluding hydrogens is 380 g/mol. The second-order valence-corrected chi connectivity index (χ2v) is 6.04. The number of aromatic nitrogens is 2. The van der Waals surface area contributed by atoms with Crippen molar-refractivity contribution in [2.45, 2.75) is 13.5 Å². The number of aryl methyl sites for hydroxylation is 1. The highest BCUT2D eigenvalue weighted by molar-refractivity contribution is 5.94. The van der Waals surface area contributed by atoms with Crippen LogP contribution in [0.5, 0.6) is 0 Å². The number of nitrogens with one attached hydrogen (secondary N) is 2. The number of nitrogens with zero attached hydrogens (tertiary/aromatic N) is 2. The molecule has 0 spiro atoms. The molecule has 29 heavy (non-hydrogen) atoms. The van der Waals surface area contributed by atoms with E-state index >= 15 is 0 Å². The highest BCUT2D eigenvalue weighted by atomic mass is 16.5. The Labute approximate surface area is 164 Å². The van der Waals surface area contributed by atoms with Gasteiger partial charge in [0.05, 0.1) is 18.5 Å². The Morgan fingerprint density at radius 3 is 2.72 bits per heavy atom. The van der Waals surface area contributed by atoms with Crippen molar-refractivity contribution < 1.29 is 23.5 Å². The molecule has 0 atom stereocenters. The third kappa shape index (κ3) is 5.06. The fraction of sp³-hybridized carbons (Fsp3) is 0.211. The zero-order chi connectivity index (χ0) is 20.8. The van der Waals surface area contributed by atoms with Crippen molar-refractivity contribution in [2.75, 3.05) is 13.1 Å². The van der Waals surface area contributed by atoms with Crippen molar-refractivity contribution in [3.05, 3.63) is 70.2 Å². The van der Waals surface area contributed by atoms with Crippen LogP contribution in [0.3, 0.4) is 0 Å². The molecule has 0 unspecified atom stereocenters. The number of furan rings is 1. The van der Waals surface area contributed by atoms with Gasteiger partial charge in [-0.15, -0.1) is 0 Å². The van der Waals surface area contributed by atoms with Gasteiger partial charge >= 0.3 is 5.97 Å². The van der Waals surface area contributed by atoms with Gasteiger partial charge in [-0.3, -0.25) is 23.6 Å². The normalized spacial score (nSPS) is 10.5. The molecule has 0 fully saturated rings. The van der Waals surface area contributed by atoms with Crippen molar-refractivity contribution in [3.8, 4) is 0 Å². The Morgan fingerprint density at radius 2 is 1.97 bits per heavy atom. The molecule has 2 amide bonds. The molecule has 3 rings (SSSR count). The quantitative estimate of drug-likeness (QED) is 0.543. The first-order chi connectivity index (χ1) is 13.9. The Balaban J connectivity index is 1.45. The maximum Gasteiger partial charge on any atom is 0.325 e. The smallest absolute Gasteiger partial charge is 0.325 e. The van der Waals surface area contributed by atoms with E-state index in [1.807, 2.05) is 0 Å². The van der Waals surface area contributed by atoms with Crippen molar-refractivity contribution in [1.82, 2.24) is 20.0 Å². The minimum atomic E-state index is -0.707. The van der Waals surface area contributed by atoms with E-state index in [1.165, 1.54) is 22.8 Å². The lowest BCUT2D eigenvalue weighted by molar-refractivity contribution is -0.145. The SMILES string of the molecule is Cc1cccc2nc(COC(=O)CNC(=O)CNC(=O)c3ccco3)cc(=O)n12. The predicted molar refractivity (Wildman–Crippen MR) is 100 cm³/mol. The highest BCUT2D eigenvalue weighted by Crippen LogP contribution is 2.04.